The molecule has 1 amide bonds. The molecule has 0 aliphatic heterocycles. The van der Waals surface area contributed by atoms with E-state index in [1.54, 1.807) is 60.7 Å². The Morgan fingerprint density at radius 3 is 2.03 bits per heavy atom. The Bertz CT molecular complexity index is 1320. The van der Waals surface area contributed by atoms with Crippen molar-refractivity contribution in [3.05, 3.63) is 88.2 Å². The number of fused-ring (bicyclic) bond motifs is 1. The smallest absolute Gasteiger partial charge is 0.366 e. The van der Waals surface area contributed by atoms with Crippen LogP contribution in [-0.2, 0) is 6.18 Å². The van der Waals surface area contributed by atoms with Crippen LogP contribution in [0.4, 0.5) is 13.2 Å². The first-order valence-corrected chi connectivity index (χ1v) is 8.86. The van der Waals surface area contributed by atoms with Gasteiger partial charge in [-0.25, -0.2) is 4.98 Å². The van der Waals surface area contributed by atoms with E-state index in [2.05, 4.69) is 9.97 Å². The topological polar surface area (TPSA) is 88.8 Å². The normalized spacial score (nSPS) is 11.6. The number of aromatic nitrogens is 2. The van der Waals surface area contributed by atoms with Gasteiger partial charge in [-0.05, 0) is 17.2 Å². The molecule has 0 radical (unpaired) electrons. The molecule has 3 N–H and O–H groups in total. The average Bonchev–Trinajstić information content (AvgIpc) is 2.72. The molecule has 0 saturated carbocycles. The van der Waals surface area contributed by atoms with E-state index in [0.29, 0.717) is 11.1 Å². The summed E-state index contributed by atoms with van der Waals surface area (Å²) < 4.78 is 41.6. The molecule has 1 aromatic heterocycles. The summed E-state index contributed by atoms with van der Waals surface area (Å²) in [7, 11) is 0. The number of rotatable bonds is 3. The number of primary amides is 1. The van der Waals surface area contributed by atoms with Crippen molar-refractivity contribution in [2.75, 3.05) is 0 Å². The van der Waals surface area contributed by atoms with Crippen molar-refractivity contribution < 1.29 is 18.0 Å². The second-order valence-electron chi connectivity index (χ2n) is 6.58. The van der Waals surface area contributed by atoms with Gasteiger partial charge in [0.1, 0.15) is 5.82 Å². The number of alkyl halides is 3. The largest absolute Gasteiger partial charge is 0.417 e. The summed E-state index contributed by atoms with van der Waals surface area (Å²) >= 11 is 0. The van der Waals surface area contributed by atoms with Crippen LogP contribution < -0.4 is 11.3 Å². The molecule has 8 heteroatoms. The zero-order chi connectivity index (χ0) is 21.5. The third kappa shape index (κ3) is 3.32. The summed E-state index contributed by atoms with van der Waals surface area (Å²) in [6, 6.07) is 17.2. The number of nitrogens with one attached hydrogen (secondary N) is 1. The Morgan fingerprint density at radius 1 is 0.933 bits per heavy atom. The van der Waals surface area contributed by atoms with E-state index in [1.807, 2.05) is 0 Å². The Labute approximate surface area is 168 Å². The molecule has 150 valence electrons. The monoisotopic (exact) mass is 409 g/mol. The molecule has 0 fully saturated rings. The van der Waals surface area contributed by atoms with Gasteiger partial charge >= 0.3 is 6.18 Å². The highest BCUT2D eigenvalue weighted by atomic mass is 19.4. The molecule has 4 rings (SSSR count). The van der Waals surface area contributed by atoms with Gasteiger partial charge < -0.3 is 10.7 Å². The number of H-pyrrole nitrogens is 1. The van der Waals surface area contributed by atoms with E-state index in [1.165, 1.54) is 0 Å². The fourth-order valence-corrected chi connectivity index (χ4v) is 3.37. The van der Waals surface area contributed by atoms with E-state index >= 15 is 0 Å². The van der Waals surface area contributed by atoms with Crippen LogP contribution in [0, 0.1) is 0 Å². The van der Waals surface area contributed by atoms with Gasteiger partial charge in [0.25, 0.3) is 11.5 Å². The van der Waals surface area contributed by atoms with Crippen LogP contribution in [0.3, 0.4) is 0 Å². The van der Waals surface area contributed by atoms with Gasteiger partial charge in [0.2, 0.25) is 0 Å². The summed E-state index contributed by atoms with van der Waals surface area (Å²) in [5, 5.41) is -0.726. The van der Waals surface area contributed by atoms with Crippen LogP contribution in [0.2, 0.25) is 0 Å². The van der Waals surface area contributed by atoms with Crippen LogP contribution in [0.1, 0.15) is 15.9 Å². The van der Waals surface area contributed by atoms with E-state index in [0.717, 1.165) is 6.07 Å². The fraction of sp³-hybridized carbons (Fsp3) is 0.0455. The van der Waals surface area contributed by atoms with E-state index in [9.17, 15) is 22.8 Å². The zero-order valence-corrected chi connectivity index (χ0v) is 15.3. The molecule has 0 bridgehead atoms. The predicted octanol–water partition coefficient (Wildman–Crippen LogP) is 4.37. The van der Waals surface area contributed by atoms with Crippen LogP contribution in [0.5, 0.6) is 0 Å². The van der Waals surface area contributed by atoms with Crippen molar-refractivity contribution in [2.45, 2.75) is 6.18 Å². The number of carbonyl (C=O) groups excluding carboxylic acids is 1. The molecule has 0 spiro atoms. The summed E-state index contributed by atoms with van der Waals surface area (Å²) in [4.78, 5) is 31.7. The van der Waals surface area contributed by atoms with Gasteiger partial charge in [-0.3, -0.25) is 9.59 Å². The minimum atomic E-state index is -4.85. The highest BCUT2D eigenvalue weighted by molar-refractivity contribution is 6.11. The maximum Gasteiger partial charge on any atom is 0.417 e. The minimum absolute atomic E-state index is 0.0361. The summed E-state index contributed by atoms with van der Waals surface area (Å²) in [5.41, 5.74) is 3.50. The first kappa shape index (κ1) is 19.4. The number of hydrogen-bond acceptors (Lipinski definition) is 3. The molecule has 0 saturated heterocycles. The third-order valence-electron chi connectivity index (χ3n) is 4.67. The molecule has 3 aromatic carbocycles. The quantitative estimate of drug-likeness (QED) is 0.526. The Balaban J connectivity index is 2.20. The Hall–Kier alpha value is -3.94. The van der Waals surface area contributed by atoms with Crippen molar-refractivity contribution in [3.8, 4) is 22.5 Å². The Kier molecular flexibility index (Phi) is 4.62. The summed E-state index contributed by atoms with van der Waals surface area (Å²) in [5.74, 6) is -0.946. The molecule has 5 nitrogen and oxygen atoms in total. The van der Waals surface area contributed by atoms with E-state index in [4.69, 9.17) is 5.73 Å². The van der Waals surface area contributed by atoms with Gasteiger partial charge in [0.05, 0.1) is 22.0 Å². The maximum absolute atomic E-state index is 13.9. The number of aromatic amines is 1. The molecule has 1 heterocycles. The van der Waals surface area contributed by atoms with Crippen molar-refractivity contribution >= 4 is 16.8 Å². The van der Waals surface area contributed by atoms with Crippen molar-refractivity contribution in [2.24, 2.45) is 5.73 Å². The zero-order valence-electron chi connectivity index (χ0n) is 15.3. The van der Waals surface area contributed by atoms with Gasteiger partial charge in [0, 0.05) is 5.56 Å². The van der Waals surface area contributed by atoms with Gasteiger partial charge in [-0.15, -0.1) is 0 Å². The van der Waals surface area contributed by atoms with Crippen LogP contribution in [0.25, 0.3) is 33.4 Å². The van der Waals surface area contributed by atoms with Crippen molar-refractivity contribution in [3.63, 3.8) is 0 Å². The highest BCUT2D eigenvalue weighted by Gasteiger charge is 2.36. The molecule has 0 unspecified atom stereocenters. The van der Waals surface area contributed by atoms with Gasteiger partial charge in [-0.1, -0.05) is 60.7 Å². The number of halogens is 3. The maximum atomic E-state index is 13.9. The predicted molar refractivity (Wildman–Crippen MR) is 107 cm³/mol. The van der Waals surface area contributed by atoms with Crippen LogP contribution in [0.15, 0.2) is 71.5 Å². The lowest BCUT2D eigenvalue weighted by Crippen LogP contribution is -2.21. The molecule has 0 aliphatic rings. The van der Waals surface area contributed by atoms with Crippen molar-refractivity contribution in [1.29, 1.82) is 0 Å². The highest BCUT2D eigenvalue weighted by Crippen LogP contribution is 2.39. The molecular formula is C22H14F3N3O2. The van der Waals surface area contributed by atoms with Crippen LogP contribution >= 0.6 is 0 Å². The first-order valence-electron chi connectivity index (χ1n) is 8.86. The summed E-state index contributed by atoms with van der Waals surface area (Å²) in [6.07, 6.45) is -4.85. The number of amides is 1. The second kappa shape index (κ2) is 7.14. The van der Waals surface area contributed by atoms with E-state index in [-0.39, 0.29) is 17.0 Å². The van der Waals surface area contributed by atoms with Gasteiger partial charge in [0.15, 0.2) is 0 Å². The first-order chi connectivity index (χ1) is 14.3. The number of benzene rings is 3. The minimum Gasteiger partial charge on any atom is -0.366 e. The Morgan fingerprint density at radius 2 is 1.50 bits per heavy atom. The third-order valence-corrected chi connectivity index (χ3v) is 4.67. The standard InChI is InChI=1S/C22H14F3N3O2/c23-22(24,25)15-11-14(12-7-3-1-4-8-12)16(19(26)29)18-17(15)21(30)28-20(27-18)13-9-5-2-6-10-13/h1-11H,(H2,26,29)(H,27,28,30). The SMILES string of the molecule is NC(=O)c1c(-c2ccccc2)cc(C(F)(F)F)c2c(=O)[nH]c(-c3ccccc3)nc12. The molecule has 0 atom stereocenters. The fourth-order valence-electron chi connectivity index (χ4n) is 3.37. The van der Waals surface area contributed by atoms with E-state index < -0.39 is 34.1 Å². The number of nitrogens with two attached hydrogens (primary N) is 1. The summed E-state index contributed by atoms with van der Waals surface area (Å²) in [6.45, 7) is 0. The lowest BCUT2D eigenvalue weighted by molar-refractivity contribution is -0.136. The van der Waals surface area contributed by atoms with Gasteiger partial charge in [-0.2, -0.15) is 13.2 Å². The molecule has 4 aromatic rings. The lowest BCUT2D eigenvalue weighted by Gasteiger charge is -2.16. The lowest BCUT2D eigenvalue weighted by atomic mass is 9.93. The number of hydrogen-bond donors (Lipinski definition) is 2. The molecular weight excluding hydrogens is 395 g/mol. The molecule has 0 aliphatic carbocycles. The number of nitrogens with zero attached hydrogens (tertiary/aromatic N) is 1. The average molecular weight is 409 g/mol. The molecule has 30 heavy (non-hydrogen) atoms. The van der Waals surface area contributed by atoms with Crippen molar-refractivity contribution in [1.82, 2.24) is 9.97 Å². The van der Waals surface area contributed by atoms with Crippen LogP contribution in [-0.4, -0.2) is 15.9 Å². The number of carbonyl (C=O) groups is 1. The second-order valence-corrected chi connectivity index (χ2v) is 6.58.